The average Bonchev–Trinajstić information content (AvgIpc) is 3.21. The van der Waals surface area contributed by atoms with Gasteiger partial charge in [0, 0.05) is 41.3 Å². The molecule has 0 spiro atoms. The van der Waals surface area contributed by atoms with Gasteiger partial charge in [-0.05, 0) is 74.2 Å². The van der Waals surface area contributed by atoms with Crippen molar-refractivity contribution in [3.8, 4) is 0 Å². The average molecular weight is 853 g/mol. The van der Waals surface area contributed by atoms with Crippen LogP contribution in [0.25, 0.3) is 11.6 Å². The van der Waals surface area contributed by atoms with Gasteiger partial charge in [0.25, 0.3) is 5.91 Å². The Kier molecular flexibility index (Phi) is 31.0. The number of aldehydes is 1. The standard InChI is InChI=1S/C38H46N2O8.C3H8.C2H4O.C2H6.CH3O.2Na/c1-5-7-8-16-38(37(45)46)21-30(43)34(39-4)35(48-38)29(42)15-17-40-36(44)24-10-13-26(23(6-2)19-24)33-27-12-9-22(3)18-31(27)47-32-20-25(41)11-14-28(32)33;1-3-2;1-2-3;2*1-2;;/h6,10-14,18-20,29-30,32,34-35,39,41-43H,2-3,5,7-9,15-17,21H2,1,4H3,(H,40,44)(H,45,46);3H2,1-2H3;2H,1H3;1-2H3;1H3;;/q;;;;-1;2*+1/p-1/t29?,30?,32?,34-,35?,38-;;;;;;/m1....../s1. The number of carboxylic acids is 1. The van der Waals surface area contributed by atoms with Crippen LogP contribution in [0.15, 0.2) is 90.0 Å². The number of unbranched alkanes of at least 4 members (excludes halogenated alkanes) is 2. The minimum absolute atomic E-state index is 0. The van der Waals surface area contributed by atoms with Crippen LogP contribution in [-0.4, -0.2) is 90.2 Å². The minimum atomic E-state index is -1.71. The number of amides is 1. The van der Waals surface area contributed by atoms with Crippen molar-refractivity contribution < 1.29 is 109 Å². The molecule has 0 saturated carbocycles. The molecule has 2 heterocycles. The maximum absolute atomic E-state index is 13.3. The van der Waals surface area contributed by atoms with Crippen LogP contribution in [0.3, 0.4) is 0 Å². The number of nitrogens with one attached hydrogen (secondary N) is 2. The second-order valence-electron chi connectivity index (χ2n) is 13.8. The van der Waals surface area contributed by atoms with Gasteiger partial charge in [0.1, 0.15) is 35.6 Å². The van der Waals surface area contributed by atoms with Crippen LogP contribution in [0, 0.1) is 0 Å². The largest absolute Gasteiger partial charge is 1.00 e. The first-order chi connectivity index (χ1) is 27.8. The van der Waals surface area contributed by atoms with E-state index >= 15 is 0 Å². The number of fused-ring (bicyclic) bond motifs is 2. The summed E-state index contributed by atoms with van der Waals surface area (Å²) in [6.07, 6.45) is 12.0. The van der Waals surface area contributed by atoms with Gasteiger partial charge in [0.15, 0.2) is 0 Å². The van der Waals surface area contributed by atoms with Crippen molar-refractivity contribution in [1.29, 1.82) is 0 Å². The maximum Gasteiger partial charge on any atom is 1.00 e. The number of carbonyl (C=O) groups excluding carboxylic acids is 3. The Morgan fingerprint density at radius 3 is 2.32 bits per heavy atom. The summed E-state index contributed by atoms with van der Waals surface area (Å²) in [6, 6.07) is 4.63. The summed E-state index contributed by atoms with van der Waals surface area (Å²) in [5.74, 6) is -0.988. The number of aliphatic hydroxyl groups is 3. The number of hydrogen-bond donors (Lipinski definition) is 5. The molecule has 322 valence electrons. The van der Waals surface area contributed by atoms with E-state index in [0.717, 1.165) is 59.7 Å². The van der Waals surface area contributed by atoms with Crippen LogP contribution in [0.5, 0.6) is 0 Å². The molecule has 5 rings (SSSR count). The first-order valence-electron chi connectivity index (χ1n) is 20.2. The van der Waals surface area contributed by atoms with E-state index in [1.54, 1.807) is 37.4 Å². The Labute approximate surface area is 402 Å². The zero-order valence-corrected chi connectivity index (χ0v) is 41.6. The van der Waals surface area contributed by atoms with E-state index in [2.05, 4.69) is 43.7 Å². The van der Waals surface area contributed by atoms with E-state index in [9.17, 15) is 30.0 Å². The topological polar surface area (TPSA) is 201 Å². The third-order valence-corrected chi connectivity index (χ3v) is 9.51. The Bertz CT molecular complexity index is 1700. The number of aliphatic carboxylic acids is 1. The fourth-order valence-corrected chi connectivity index (χ4v) is 6.96. The molecule has 60 heavy (non-hydrogen) atoms. The fourth-order valence-electron chi connectivity index (χ4n) is 6.96. The molecular formula is C46H66N2Na2O10. The maximum atomic E-state index is 13.3. The van der Waals surface area contributed by atoms with E-state index in [4.69, 9.17) is 19.4 Å². The molecule has 0 aromatic heterocycles. The number of aliphatic hydroxyl groups excluding tert-OH is 3. The monoisotopic (exact) mass is 852 g/mol. The molecule has 5 N–H and O–H groups in total. The Morgan fingerprint density at radius 1 is 1.12 bits per heavy atom. The van der Waals surface area contributed by atoms with Gasteiger partial charge in [-0.25, -0.2) is 0 Å². The number of likely N-dealkylation sites (N-methyl/N-ethyl adjacent to an activating group) is 1. The molecule has 1 aromatic rings. The fraction of sp³-hybridized carbons (Fsp3) is 0.500. The number of benzene rings is 1. The smallest absolute Gasteiger partial charge is 0.857 e. The van der Waals surface area contributed by atoms with Gasteiger partial charge >= 0.3 is 59.1 Å². The summed E-state index contributed by atoms with van der Waals surface area (Å²) in [4.78, 5) is 34.3. The molecule has 1 saturated heterocycles. The Hall–Kier alpha value is -2.59. The molecule has 12 nitrogen and oxygen atoms in total. The SMILES string of the molecule is C=Cc1cc(C(=O)NCCC(O)C2O[C@@](CCCCC)(C(=O)[O-])CC(O)[C@H]2NC)ccc1C1=C2C=CC(O)=CC2OC2=CC(=C)CC=C21.CC.CC=O.CCC.C[O-].[Na+].[Na+]. The normalized spacial score (nSPS) is 22.4. The molecular weight excluding hydrogens is 786 g/mol. The third-order valence-electron chi connectivity index (χ3n) is 9.51. The van der Waals surface area contributed by atoms with Gasteiger partial charge in [-0.3, -0.25) is 4.79 Å². The number of allylic oxidation sites excluding steroid dienone is 5. The Morgan fingerprint density at radius 2 is 1.75 bits per heavy atom. The van der Waals surface area contributed by atoms with E-state index in [-0.39, 0.29) is 96.6 Å². The zero-order valence-electron chi connectivity index (χ0n) is 37.6. The van der Waals surface area contributed by atoms with Crippen LogP contribution < -0.4 is 80.0 Å². The molecule has 2 aliphatic carbocycles. The van der Waals surface area contributed by atoms with E-state index in [1.165, 1.54) is 13.3 Å². The van der Waals surface area contributed by atoms with Crippen LogP contribution in [0.2, 0.25) is 0 Å². The number of carboxylic acid groups (broad SMARTS) is 1. The van der Waals surface area contributed by atoms with E-state index < -0.39 is 42.0 Å². The predicted octanol–water partition coefficient (Wildman–Crippen LogP) is -0.816. The molecule has 0 bridgehead atoms. The van der Waals surface area contributed by atoms with E-state index in [1.807, 2.05) is 39.0 Å². The van der Waals surface area contributed by atoms with Crippen molar-refractivity contribution >= 4 is 29.8 Å². The molecule has 4 unspecified atom stereocenters. The number of ether oxygens (including phenoxy) is 2. The van der Waals surface area contributed by atoms with Crippen LogP contribution in [0.1, 0.15) is 114 Å². The summed E-state index contributed by atoms with van der Waals surface area (Å²) < 4.78 is 12.3. The molecule has 1 fully saturated rings. The van der Waals surface area contributed by atoms with Crippen molar-refractivity contribution in [2.45, 2.75) is 129 Å². The predicted molar refractivity (Wildman–Crippen MR) is 226 cm³/mol. The number of hydrogen-bond acceptors (Lipinski definition) is 11. The second-order valence-corrected chi connectivity index (χ2v) is 13.8. The molecule has 14 heteroatoms. The quantitative estimate of drug-likeness (QED) is 0.0945. The van der Waals surface area contributed by atoms with Crippen molar-refractivity contribution in [2.24, 2.45) is 0 Å². The summed E-state index contributed by atoms with van der Waals surface area (Å²) in [5, 5.41) is 58.4. The number of carbonyl (C=O) groups is 3. The number of rotatable bonds is 13. The summed E-state index contributed by atoms with van der Waals surface area (Å²) in [5.41, 5.74) is 3.88. The third kappa shape index (κ3) is 16.3. The molecule has 1 amide bonds. The summed E-state index contributed by atoms with van der Waals surface area (Å²) in [6.45, 7) is 19.8. The van der Waals surface area contributed by atoms with Crippen molar-refractivity contribution in [3.05, 3.63) is 107 Å². The second kappa shape index (κ2) is 31.3. The van der Waals surface area contributed by atoms with Gasteiger partial charge in [-0.1, -0.05) is 97.8 Å². The molecule has 6 atom stereocenters. The van der Waals surface area contributed by atoms with Gasteiger partial charge in [0.05, 0.1) is 24.2 Å². The van der Waals surface area contributed by atoms with Crippen molar-refractivity contribution in [1.82, 2.24) is 10.6 Å². The molecule has 0 radical (unpaired) electrons. The Balaban J connectivity index is 0. The van der Waals surface area contributed by atoms with Crippen molar-refractivity contribution in [3.63, 3.8) is 0 Å². The minimum Gasteiger partial charge on any atom is -0.857 e. The van der Waals surface area contributed by atoms with Gasteiger partial charge in [0.2, 0.25) is 0 Å². The first kappa shape index (κ1) is 59.5. The molecule has 1 aromatic carbocycles. The first-order valence-corrected chi connectivity index (χ1v) is 20.2. The summed E-state index contributed by atoms with van der Waals surface area (Å²) in [7, 11) is 2.36. The van der Waals surface area contributed by atoms with Crippen LogP contribution in [0.4, 0.5) is 0 Å². The van der Waals surface area contributed by atoms with Crippen LogP contribution >= 0.6 is 0 Å². The molecule has 2 aliphatic heterocycles. The van der Waals surface area contributed by atoms with Crippen molar-refractivity contribution in [2.75, 3.05) is 20.7 Å². The van der Waals surface area contributed by atoms with Crippen LogP contribution in [-0.2, 0) is 19.1 Å². The molecule has 4 aliphatic rings. The summed E-state index contributed by atoms with van der Waals surface area (Å²) >= 11 is 0. The van der Waals surface area contributed by atoms with Gasteiger partial charge < -0.3 is 55.2 Å². The zero-order chi connectivity index (χ0) is 44.0. The van der Waals surface area contributed by atoms with Gasteiger partial charge in [-0.2, -0.15) is 7.11 Å². The van der Waals surface area contributed by atoms with Gasteiger partial charge in [-0.15, -0.1) is 0 Å². The van der Waals surface area contributed by atoms with E-state index in [0.29, 0.717) is 24.2 Å².